The molecule has 1 atom stereocenters. The highest BCUT2D eigenvalue weighted by molar-refractivity contribution is 6.34. The molecule has 20 heavy (non-hydrogen) atoms. The van der Waals surface area contributed by atoms with Crippen molar-refractivity contribution in [3.05, 3.63) is 16.4 Å². The van der Waals surface area contributed by atoms with Crippen molar-refractivity contribution in [1.29, 1.82) is 0 Å². The summed E-state index contributed by atoms with van der Waals surface area (Å²) in [5.41, 5.74) is 0.833. The third kappa shape index (κ3) is 2.51. The van der Waals surface area contributed by atoms with Crippen molar-refractivity contribution in [2.45, 2.75) is 19.4 Å². The number of aromatic nitrogens is 2. The predicted molar refractivity (Wildman–Crippen MR) is 72.5 cm³/mol. The Morgan fingerprint density at radius 1 is 1.60 bits per heavy atom. The Morgan fingerprint density at radius 2 is 2.30 bits per heavy atom. The lowest BCUT2D eigenvalue weighted by molar-refractivity contribution is -0.128. The zero-order valence-electron chi connectivity index (χ0n) is 11.4. The van der Waals surface area contributed by atoms with Crippen molar-refractivity contribution >= 4 is 23.4 Å². The van der Waals surface area contributed by atoms with E-state index in [0.717, 1.165) is 0 Å². The molecular weight excluding hydrogens is 284 g/mol. The van der Waals surface area contributed by atoms with Gasteiger partial charge in [0, 0.05) is 26.7 Å². The lowest BCUT2D eigenvalue weighted by Gasteiger charge is -2.34. The van der Waals surface area contributed by atoms with Crippen LogP contribution in [-0.2, 0) is 11.8 Å². The monoisotopic (exact) mass is 300 g/mol. The van der Waals surface area contributed by atoms with E-state index in [-0.39, 0.29) is 30.5 Å². The van der Waals surface area contributed by atoms with E-state index in [0.29, 0.717) is 23.8 Å². The van der Waals surface area contributed by atoms with Gasteiger partial charge in [-0.25, -0.2) is 0 Å². The molecule has 0 unspecified atom stereocenters. The van der Waals surface area contributed by atoms with E-state index < -0.39 is 6.04 Å². The van der Waals surface area contributed by atoms with E-state index in [1.807, 2.05) is 0 Å². The minimum absolute atomic E-state index is 0.167. The number of piperazine rings is 1. The van der Waals surface area contributed by atoms with Crippen molar-refractivity contribution in [2.24, 2.45) is 7.05 Å². The molecular formula is C12H17ClN4O3. The summed E-state index contributed by atoms with van der Waals surface area (Å²) in [7, 11) is 1.64. The number of aryl methyl sites for hydroxylation is 2. The Bertz CT molecular complexity index is 543. The van der Waals surface area contributed by atoms with Crippen LogP contribution in [0.25, 0.3) is 0 Å². The quantitative estimate of drug-likeness (QED) is 0.803. The van der Waals surface area contributed by atoms with Crippen LogP contribution in [0.1, 0.15) is 22.6 Å². The first-order valence-electron chi connectivity index (χ1n) is 6.36. The van der Waals surface area contributed by atoms with E-state index in [4.69, 9.17) is 16.7 Å². The number of hydrogen-bond acceptors (Lipinski definition) is 4. The average Bonchev–Trinajstić information content (AvgIpc) is 2.65. The van der Waals surface area contributed by atoms with Crippen LogP contribution in [0.5, 0.6) is 0 Å². The van der Waals surface area contributed by atoms with Gasteiger partial charge in [0.05, 0.1) is 10.7 Å². The fourth-order valence-electron chi connectivity index (χ4n) is 2.37. The third-order valence-corrected chi connectivity index (χ3v) is 3.80. The van der Waals surface area contributed by atoms with Crippen LogP contribution in [-0.4, -0.2) is 57.3 Å². The molecule has 2 N–H and O–H groups in total. The maximum absolute atomic E-state index is 12.6. The first-order valence-corrected chi connectivity index (χ1v) is 6.73. The van der Waals surface area contributed by atoms with Gasteiger partial charge in [0.1, 0.15) is 11.7 Å². The van der Waals surface area contributed by atoms with Gasteiger partial charge in [-0.3, -0.25) is 14.3 Å². The molecule has 8 heteroatoms. The second-order valence-corrected chi connectivity index (χ2v) is 5.07. The normalized spacial score (nSPS) is 19.1. The van der Waals surface area contributed by atoms with Crippen LogP contribution in [0.4, 0.5) is 0 Å². The van der Waals surface area contributed by atoms with Crippen LogP contribution >= 0.6 is 11.6 Å². The highest BCUT2D eigenvalue weighted by atomic mass is 35.5. The van der Waals surface area contributed by atoms with Crippen molar-refractivity contribution in [1.82, 2.24) is 20.0 Å². The fourth-order valence-corrected chi connectivity index (χ4v) is 2.61. The van der Waals surface area contributed by atoms with Crippen LogP contribution in [0, 0.1) is 6.92 Å². The zero-order valence-corrected chi connectivity index (χ0v) is 12.1. The SMILES string of the molecule is Cc1nn(C)c(C(=O)N2CCNC(=O)[C@H]2CCO)c1Cl. The van der Waals surface area contributed by atoms with Gasteiger partial charge in [0.15, 0.2) is 0 Å². The molecule has 0 aromatic carbocycles. The highest BCUT2D eigenvalue weighted by Gasteiger charge is 2.35. The molecule has 2 rings (SSSR count). The molecule has 1 aliphatic heterocycles. The second-order valence-electron chi connectivity index (χ2n) is 4.69. The third-order valence-electron chi connectivity index (χ3n) is 3.35. The van der Waals surface area contributed by atoms with Gasteiger partial charge in [-0.2, -0.15) is 5.10 Å². The molecule has 0 saturated carbocycles. The molecule has 0 aliphatic carbocycles. The minimum atomic E-state index is -0.674. The maximum atomic E-state index is 12.6. The lowest BCUT2D eigenvalue weighted by atomic mass is 10.1. The molecule has 1 fully saturated rings. The summed E-state index contributed by atoms with van der Waals surface area (Å²) in [6.07, 6.45) is 0.200. The van der Waals surface area contributed by atoms with E-state index in [1.54, 1.807) is 14.0 Å². The van der Waals surface area contributed by atoms with Crippen molar-refractivity contribution in [2.75, 3.05) is 19.7 Å². The van der Waals surface area contributed by atoms with Gasteiger partial charge >= 0.3 is 0 Å². The lowest BCUT2D eigenvalue weighted by Crippen LogP contribution is -2.57. The topological polar surface area (TPSA) is 87.5 Å². The van der Waals surface area contributed by atoms with Gasteiger partial charge in [0.2, 0.25) is 5.91 Å². The number of nitrogens with one attached hydrogen (secondary N) is 1. The van der Waals surface area contributed by atoms with E-state index in [2.05, 4.69) is 10.4 Å². The molecule has 110 valence electrons. The summed E-state index contributed by atoms with van der Waals surface area (Å²) >= 11 is 6.11. The number of nitrogens with zero attached hydrogens (tertiary/aromatic N) is 3. The van der Waals surface area contributed by atoms with Crippen molar-refractivity contribution in [3.63, 3.8) is 0 Å². The van der Waals surface area contributed by atoms with Gasteiger partial charge in [-0.15, -0.1) is 0 Å². The Morgan fingerprint density at radius 3 is 2.85 bits per heavy atom. The van der Waals surface area contributed by atoms with Gasteiger partial charge in [0.25, 0.3) is 5.91 Å². The standard InChI is InChI=1S/C12H17ClN4O3/c1-7-9(13)10(16(2)15-7)12(20)17-5-4-14-11(19)8(17)3-6-18/h8,18H,3-6H2,1-2H3,(H,14,19)/t8-/m1/s1. The van der Waals surface area contributed by atoms with Crippen molar-refractivity contribution in [3.8, 4) is 0 Å². The van der Waals surface area contributed by atoms with Crippen LogP contribution in [0.15, 0.2) is 0 Å². The number of hydrogen-bond donors (Lipinski definition) is 2. The van der Waals surface area contributed by atoms with Crippen LogP contribution in [0.3, 0.4) is 0 Å². The summed E-state index contributed by atoms with van der Waals surface area (Å²) in [6.45, 7) is 2.32. The van der Waals surface area contributed by atoms with E-state index in [1.165, 1.54) is 9.58 Å². The molecule has 1 aromatic rings. The molecule has 0 spiro atoms. The highest BCUT2D eigenvalue weighted by Crippen LogP contribution is 2.23. The van der Waals surface area contributed by atoms with Crippen LogP contribution < -0.4 is 5.32 Å². The molecule has 1 aliphatic rings. The molecule has 7 nitrogen and oxygen atoms in total. The van der Waals surface area contributed by atoms with E-state index in [9.17, 15) is 9.59 Å². The molecule has 1 saturated heterocycles. The largest absolute Gasteiger partial charge is 0.396 e. The number of carbonyl (C=O) groups excluding carboxylic acids is 2. The summed E-state index contributed by atoms with van der Waals surface area (Å²) in [5.74, 6) is -0.597. The van der Waals surface area contributed by atoms with E-state index >= 15 is 0 Å². The molecule has 2 amide bonds. The number of carbonyl (C=O) groups is 2. The Hall–Kier alpha value is -1.60. The predicted octanol–water partition coefficient (Wildman–Crippen LogP) is -0.295. The number of amides is 2. The molecule has 0 radical (unpaired) electrons. The number of rotatable bonds is 3. The summed E-state index contributed by atoms with van der Waals surface area (Å²) in [6, 6.07) is -0.674. The zero-order chi connectivity index (χ0) is 14.9. The van der Waals surface area contributed by atoms with Crippen molar-refractivity contribution < 1.29 is 14.7 Å². The summed E-state index contributed by atoms with van der Waals surface area (Å²) in [5, 5.41) is 16.1. The summed E-state index contributed by atoms with van der Waals surface area (Å²) < 4.78 is 1.42. The number of aliphatic hydroxyl groups is 1. The fraction of sp³-hybridized carbons (Fsp3) is 0.583. The molecule has 1 aromatic heterocycles. The molecule has 0 bridgehead atoms. The van der Waals surface area contributed by atoms with Gasteiger partial charge < -0.3 is 15.3 Å². The number of aliphatic hydroxyl groups excluding tert-OH is 1. The summed E-state index contributed by atoms with van der Waals surface area (Å²) in [4.78, 5) is 25.9. The number of halogens is 1. The first kappa shape index (κ1) is 14.8. The minimum Gasteiger partial charge on any atom is -0.396 e. The smallest absolute Gasteiger partial charge is 0.274 e. The molecule has 2 heterocycles. The van der Waals surface area contributed by atoms with Gasteiger partial charge in [-0.1, -0.05) is 11.6 Å². The Kier molecular flexibility index (Phi) is 4.29. The maximum Gasteiger partial charge on any atom is 0.274 e. The van der Waals surface area contributed by atoms with Gasteiger partial charge in [-0.05, 0) is 13.3 Å². The average molecular weight is 301 g/mol. The second kappa shape index (κ2) is 5.80. The Labute approximate surface area is 121 Å². The first-order chi connectivity index (χ1) is 9.47. The van der Waals surface area contributed by atoms with Crippen LogP contribution in [0.2, 0.25) is 5.02 Å². The Balaban J connectivity index is 2.32.